The van der Waals surface area contributed by atoms with Gasteiger partial charge in [-0.2, -0.15) is 0 Å². The van der Waals surface area contributed by atoms with Crippen LogP contribution in [0.25, 0.3) is 0 Å². The van der Waals surface area contributed by atoms with Gasteiger partial charge in [0.05, 0.1) is 6.10 Å². The molecule has 0 rings (SSSR count). The Kier molecular flexibility index (Phi) is 9.08. The molecular formula is C13H22N2O2. The van der Waals surface area contributed by atoms with Gasteiger partial charge in [0, 0.05) is 0 Å². The average molecular weight is 238 g/mol. The first-order valence-electron chi connectivity index (χ1n) is 6.00. The second kappa shape index (κ2) is 9.86. The smallest absolute Gasteiger partial charge is 0.205 e. The van der Waals surface area contributed by atoms with E-state index in [2.05, 4.69) is 18.0 Å². The molecule has 0 aromatic heterocycles. The Morgan fingerprint density at radius 2 is 2.24 bits per heavy atom. The third-order valence-electron chi connectivity index (χ3n) is 2.36. The van der Waals surface area contributed by atoms with Crippen molar-refractivity contribution in [2.24, 2.45) is 5.11 Å². The number of unbranched alkanes of at least 4 members (excludes halogenated alkanes) is 2. The summed E-state index contributed by atoms with van der Waals surface area (Å²) in [7, 11) is 0. The first-order chi connectivity index (χ1) is 8.11. The van der Waals surface area contributed by atoms with Gasteiger partial charge in [-0.1, -0.05) is 24.1 Å². The molecular weight excluding hydrogens is 216 g/mol. The molecule has 0 bridgehead atoms. The van der Waals surface area contributed by atoms with Crippen LogP contribution in [0.1, 0.15) is 40.0 Å². The van der Waals surface area contributed by atoms with Gasteiger partial charge in [-0.05, 0) is 37.9 Å². The third kappa shape index (κ3) is 8.47. The topological polar surface area (TPSA) is 47.7 Å². The molecule has 0 amide bonds. The first-order valence-corrected chi connectivity index (χ1v) is 6.00. The first kappa shape index (κ1) is 15.7. The van der Waals surface area contributed by atoms with Crippen LogP contribution in [-0.2, 0) is 4.74 Å². The fraction of sp³-hybridized carbons (Fsp3) is 0.692. The molecule has 0 N–H and O–H groups in total. The van der Waals surface area contributed by atoms with E-state index in [0.717, 1.165) is 19.3 Å². The second-order valence-corrected chi connectivity index (χ2v) is 3.91. The fourth-order valence-corrected chi connectivity index (χ4v) is 1.12. The Balaban J connectivity index is 4.08. The van der Waals surface area contributed by atoms with Gasteiger partial charge >= 0.3 is 0 Å². The lowest BCUT2D eigenvalue weighted by Crippen LogP contribution is -2.22. The number of hydroxylamine groups is 1. The molecule has 2 atom stereocenters. The minimum atomic E-state index is -0.211. The van der Waals surface area contributed by atoms with Gasteiger partial charge in [0.2, 0.25) is 6.20 Å². The van der Waals surface area contributed by atoms with Crippen LogP contribution in [0, 0.1) is 17.6 Å². The summed E-state index contributed by atoms with van der Waals surface area (Å²) in [6.45, 7) is 6.03. The Bertz CT molecular complexity index is 292. The highest BCUT2D eigenvalue weighted by atomic mass is 16.5. The standard InChI is InChI=1S/C13H22N2O2/c1-5-7-8-9-10-15(16)14-12(3)13(4)17-11-6-2/h2,9-10,12-13H,5,7-8,11H2,1,3-4H3. The predicted molar refractivity (Wildman–Crippen MR) is 68.4 cm³/mol. The zero-order valence-corrected chi connectivity index (χ0v) is 10.9. The van der Waals surface area contributed by atoms with Gasteiger partial charge in [-0.15, -0.1) is 6.42 Å². The minimum absolute atomic E-state index is 0.161. The average Bonchev–Trinajstić information content (AvgIpc) is 2.31. The summed E-state index contributed by atoms with van der Waals surface area (Å²) in [5, 5.41) is 15.3. The van der Waals surface area contributed by atoms with E-state index in [1.54, 1.807) is 0 Å². The molecule has 0 radical (unpaired) electrons. The number of terminal acetylenes is 1. The van der Waals surface area contributed by atoms with Crippen molar-refractivity contribution in [3.05, 3.63) is 17.5 Å². The molecule has 0 fully saturated rings. The van der Waals surface area contributed by atoms with E-state index >= 15 is 0 Å². The molecule has 4 heteroatoms. The summed E-state index contributed by atoms with van der Waals surface area (Å²) >= 11 is 0. The van der Waals surface area contributed by atoms with E-state index < -0.39 is 0 Å². The minimum Gasteiger partial charge on any atom is -0.595 e. The van der Waals surface area contributed by atoms with Gasteiger partial charge in [-0.25, -0.2) is 0 Å². The van der Waals surface area contributed by atoms with Crippen LogP contribution >= 0.6 is 0 Å². The largest absolute Gasteiger partial charge is 0.595 e. The fourth-order valence-electron chi connectivity index (χ4n) is 1.12. The van der Waals surface area contributed by atoms with Gasteiger partial charge in [0.1, 0.15) is 12.6 Å². The Labute approximate surface area is 104 Å². The molecule has 0 aliphatic carbocycles. The van der Waals surface area contributed by atoms with Crippen molar-refractivity contribution in [1.29, 1.82) is 0 Å². The zero-order valence-electron chi connectivity index (χ0n) is 10.9. The maximum Gasteiger partial charge on any atom is 0.205 e. The number of rotatable bonds is 8. The number of hydrogen-bond donors (Lipinski definition) is 0. The molecule has 0 saturated heterocycles. The lowest BCUT2D eigenvalue weighted by Gasteiger charge is -2.12. The maximum absolute atomic E-state index is 11.4. The highest BCUT2D eigenvalue weighted by Crippen LogP contribution is 2.03. The molecule has 0 spiro atoms. The van der Waals surface area contributed by atoms with Crippen molar-refractivity contribution in [2.75, 3.05) is 6.61 Å². The molecule has 0 aliphatic heterocycles. The highest BCUT2D eigenvalue weighted by molar-refractivity contribution is 4.84. The summed E-state index contributed by atoms with van der Waals surface area (Å²) in [6.07, 6.45) is 11.3. The van der Waals surface area contributed by atoms with Crippen LogP contribution in [0.3, 0.4) is 0 Å². The molecule has 0 aliphatic rings. The monoisotopic (exact) mass is 238 g/mol. The van der Waals surface area contributed by atoms with Crippen LogP contribution in [0.15, 0.2) is 17.4 Å². The molecule has 4 nitrogen and oxygen atoms in total. The SMILES string of the molecule is C#CCOC(C)C(C)N=[N+]([O-])C=CCCCC. The summed E-state index contributed by atoms with van der Waals surface area (Å²) in [6, 6.07) is -0.211. The predicted octanol–water partition coefficient (Wildman–Crippen LogP) is 3.08. The Morgan fingerprint density at radius 1 is 1.53 bits per heavy atom. The number of allylic oxidation sites excluding steroid dienone is 1. The summed E-state index contributed by atoms with van der Waals surface area (Å²) in [5.74, 6) is 2.39. The molecule has 0 saturated carbocycles. The van der Waals surface area contributed by atoms with Crippen molar-refractivity contribution < 1.29 is 9.60 Å². The lowest BCUT2D eigenvalue weighted by atomic mass is 10.2. The summed E-state index contributed by atoms with van der Waals surface area (Å²) < 4.78 is 5.28. The summed E-state index contributed by atoms with van der Waals surface area (Å²) in [4.78, 5) is 0.593. The molecule has 0 aromatic rings. The van der Waals surface area contributed by atoms with E-state index in [0.29, 0.717) is 4.86 Å². The van der Waals surface area contributed by atoms with Crippen LogP contribution in [0.5, 0.6) is 0 Å². The van der Waals surface area contributed by atoms with Crippen molar-refractivity contribution in [3.63, 3.8) is 0 Å². The molecule has 0 heterocycles. The quantitative estimate of drug-likeness (QED) is 0.214. The van der Waals surface area contributed by atoms with Crippen molar-refractivity contribution in [2.45, 2.75) is 52.2 Å². The number of azo groups is 1. The van der Waals surface area contributed by atoms with Crippen LogP contribution in [0.4, 0.5) is 0 Å². The van der Waals surface area contributed by atoms with Crippen molar-refractivity contribution in [3.8, 4) is 12.3 Å². The van der Waals surface area contributed by atoms with E-state index in [9.17, 15) is 5.21 Å². The number of nitrogens with zero attached hydrogens (tertiary/aromatic N) is 2. The van der Waals surface area contributed by atoms with Gasteiger partial charge in [-0.3, -0.25) is 0 Å². The molecule has 2 unspecified atom stereocenters. The summed E-state index contributed by atoms with van der Waals surface area (Å²) in [5.41, 5.74) is 0. The maximum atomic E-state index is 11.4. The van der Waals surface area contributed by atoms with Crippen LogP contribution in [0.2, 0.25) is 0 Å². The number of ether oxygens (including phenoxy) is 1. The normalized spacial score (nSPS) is 15.8. The van der Waals surface area contributed by atoms with Crippen LogP contribution in [-0.4, -0.2) is 23.6 Å². The zero-order chi connectivity index (χ0) is 13.1. The van der Waals surface area contributed by atoms with Crippen molar-refractivity contribution in [1.82, 2.24) is 0 Å². The van der Waals surface area contributed by atoms with E-state index in [1.165, 1.54) is 6.20 Å². The van der Waals surface area contributed by atoms with E-state index in [4.69, 9.17) is 11.2 Å². The Hall–Kier alpha value is -1.34. The Morgan fingerprint density at radius 3 is 2.82 bits per heavy atom. The van der Waals surface area contributed by atoms with Crippen molar-refractivity contribution >= 4 is 0 Å². The number of hydrogen-bond acceptors (Lipinski definition) is 3. The second-order valence-electron chi connectivity index (χ2n) is 3.91. The van der Waals surface area contributed by atoms with Crippen LogP contribution < -0.4 is 0 Å². The van der Waals surface area contributed by atoms with Gasteiger partial charge < -0.3 is 9.94 Å². The van der Waals surface area contributed by atoms with E-state index in [1.807, 2.05) is 19.9 Å². The third-order valence-corrected chi connectivity index (χ3v) is 2.36. The van der Waals surface area contributed by atoms with E-state index in [-0.39, 0.29) is 18.8 Å². The highest BCUT2D eigenvalue weighted by Gasteiger charge is 2.14. The van der Waals surface area contributed by atoms with Gasteiger partial charge in [0.25, 0.3) is 0 Å². The molecule has 0 aromatic carbocycles. The molecule has 96 valence electrons. The van der Waals surface area contributed by atoms with Gasteiger partial charge in [0.15, 0.2) is 0 Å². The molecule has 17 heavy (non-hydrogen) atoms. The lowest BCUT2D eigenvalue weighted by molar-refractivity contribution is -0.463.